The molecule has 0 bridgehead atoms. The Morgan fingerprint density at radius 2 is 1.93 bits per heavy atom. The number of hydrogen-bond donors (Lipinski definition) is 1. The van der Waals surface area contributed by atoms with Gasteiger partial charge in [0, 0.05) is 20.1 Å². The fourth-order valence-corrected chi connectivity index (χ4v) is 3.07. The first kappa shape index (κ1) is 21.7. The molecule has 1 aromatic carbocycles. The smallest absolute Gasteiger partial charge is 0.308 e. The summed E-state index contributed by atoms with van der Waals surface area (Å²) in [5.41, 5.74) is 0.852. The summed E-state index contributed by atoms with van der Waals surface area (Å²) in [6.45, 7) is 5.52. The SMILES string of the molecule is CC(C)COc1ccc(CC(=O)N(C)CC(=O)N2CCCC(C(=O)O)C2)cc1. The zero-order valence-electron chi connectivity index (χ0n) is 16.9. The molecule has 154 valence electrons. The van der Waals surface area contributed by atoms with Crippen molar-refractivity contribution in [2.75, 3.05) is 33.3 Å². The molecule has 1 aliphatic rings. The average molecular weight is 390 g/mol. The maximum Gasteiger partial charge on any atom is 0.308 e. The normalized spacial score (nSPS) is 16.7. The van der Waals surface area contributed by atoms with Crippen LogP contribution < -0.4 is 4.74 Å². The van der Waals surface area contributed by atoms with Crippen LogP contribution in [0.1, 0.15) is 32.3 Å². The van der Waals surface area contributed by atoms with E-state index in [0.717, 1.165) is 11.3 Å². The number of amides is 2. The highest BCUT2D eigenvalue weighted by Gasteiger charge is 2.28. The van der Waals surface area contributed by atoms with Crippen LogP contribution in [-0.4, -0.2) is 66.0 Å². The van der Waals surface area contributed by atoms with Gasteiger partial charge in [-0.3, -0.25) is 14.4 Å². The Hall–Kier alpha value is -2.57. The van der Waals surface area contributed by atoms with E-state index < -0.39 is 11.9 Å². The van der Waals surface area contributed by atoms with Crippen LogP contribution in [0.2, 0.25) is 0 Å². The first-order valence-corrected chi connectivity index (χ1v) is 9.72. The Morgan fingerprint density at radius 3 is 2.54 bits per heavy atom. The highest BCUT2D eigenvalue weighted by Crippen LogP contribution is 2.17. The van der Waals surface area contributed by atoms with Crippen molar-refractivity contribution in [1.82, 2.24) is 9.80 Å². The fraction of sp³-hybridized carbons (Fsp3) is 0.571. The number of carboxylic acids is 1. The number of aliphatic carboxylic acids is 1. The van der Waals surface area contributed by atoms with Gasteiger partial charge in [0.25, 0.3) is 0 Å². The maximum atomic E-state index is 12.4. The standard InChI is InChI=1S/C21H30N2O5/c1-15(2)14-28-18-8-6-16(7-9-18)11-19(24)22(3)13-20(25)23-10-4-5-17(12-23)21(26)27/h6-9,15,17H,4-5,10-14H2,1-3H3,(H,26,27). The highest BCUT2D eigenvalue weighted by molar-refractivity contribution is 5.86. The second-order valence-electron chi connectivity index (χ2n) is 7.79. The predicted molar refractivity (Wildman–Crippen MR) is 105 cm³/mol. The topological polar surface area (TPSA) is 87.2 Å². The number of piperidine rings is 1. The third kappa shape index (κ3) is 6.55. The van der Waals surface area contributed by atoms with Gasteiger partial charge in [-0.05, 0) is 36.5 Å². The van der Waals surface area contributed by atoms with Gasteiger partial charge in [-0.15, -0.1) is 0 Å². The number of likely N-dealkylation sites (N-methyl/N-ethyl adjacent to an activating group) is 1. The van der Waals surface area contributed by atoms with Gasteiger partial charge >= 0.3 is 5.97 Å². The summed E-state index contributed by atoms with van der Waals surface area (Å²) in [5.74, 6) is -0.544. The summed E-state index contributed by atoms with van der Waals surface area (Å²) in [6.07, 6.45) is 1.46. The maximum absolute atomic E-state index is 12.4. The monoisotopic (exact) mass is 390 g/mol. The van der Waals surface area contributed by atoms with Crippen molar-refractivity contribution in [2.24, 2.45) is 11.8 Å². The van der Waals surface area contributed by atoms with Gasteiger partial charge < -0.3 is 19.6 Å². The summed E-state index contributed by atoms with van der Waals surface area (Å²) >= 11 is 0. The molecule has 1 unspecified atom stereocenters. The molecule has 1 atom stereocenters. The molecular weight excluding hydrogens is 360 g/mol. The van der Waals surface area contributed by atoms with Crippen LogP contribution in [-0.2, 0) is 20.8 Å². The van der Waals surface area contributed by atoms with Crippen LogP contribution in [0, 0.1) is 11.8 Å². The molecule has 0 aliphatic carbocycles. The predicted octanol–water partition coefficient (Wildman–Crippen LogP) is 2.05. The van der Waals surface area contributed by atoms with E-state index in [0.29, 0.717) is 31.9 Å². The lowest BCUT2D eigenvalue weighted by molar-refractivity contribution is -0.147. The van der Waals surface area contributed by atoms with Crippen LogP contribution in [0.5, 0.6) is 5.75 Å². The molecule has 28 heavy (non-hydrogen) atoms. The van der Waals surface area contributed by atoms with Crippen LogP contribution in [0.15, 0.2) is 24.3 Å². The van der Waals surface area contributed by atoms with E-state index in [1.165, 1.54) is 4.90 Å². The van der Waals surface area contributed by atoms with Gasteiger partial charge in [0.05, 0.1) is 25.5 Å². The van der Waals surface area contributed by atoms with Gasteiger partial charge in [0.2, 0.25) is 11.8 Å². The lowest BCUT2D eigenvalue weighted by Gasteiger charge is -2.32. The summed E-state index contributed by atoms with van der Waals surface area (Å²) in [6, 6.07) is 7.39. The van der Waals surface area contributed by atoms with Crippen LogP contribution in [0.3, 0.4) is 0 Å². The minimum absolute atomic E-state index is 0.0409. The van der Waals surface area contributed by atoms with Crippen LogP contribution in [0.25, 0.3) is 0 Å². The molecule has 1 aromatic rings. The Morgan fingerprint density at radius 1 is 1.25 bits per heavy atom. The Bertz CT molecular complexity index is 687. The number of hydrogen-bond acceptors (Lipinski definition) is 4. The third-order valence-corrected chi connectivity index (χ3v) is 4.78. The van der Waals surface area contributed by atoms with E-state index >= 15 is 0 Å². The first-order chi connectivity index (χ1) is 13.3. The van der Waals surface area contributed by atoms with Crippen molar-refractivity contribution in [2.45, 2.75) is 33.1 Å². The van der Waals surface area contributed by atoms with E-state index in [9.17, 15) is 14.4 Å². The van der Waals surface area contributed by atoms with Crippen LogP contribution >= 0.6 is 0 Å². The number of carbonyl (C=O) groups is 3. The Balaban J connectivity index is 1.83. The third-order valence-electron chi connectivity index (χ3n) is 4.78. The molecule has 0 spiro atoms. The molecule has 2 rings (SSSR count). The number of rotatable bonds is 8. The van der Waals surface area contributed by atoms with E-state index in [-0.39, 0.29) is 31.3 Å². The molecule has 1 N–H and O–H groups in total. The molecule has 1 aliphatic heterocycles. The average Bonchev–Trinajstić information content (AvgIpc) is 2.67. The van der Waals surface area contributed by atoms with Gasteiger partial charge in [-0.1, -0.05) is 26.0 Å². The number of likely N-dealkylation sites (tertiary alicyclic amines) is 1. The number of ether oxygens (including phenoxy) is 1. The molecule has 1 fully saturated rings. The number of benzene rings is 1. The number of nitrogens with zero attached hydrogens (tertiary/aromatic N) is 2. The van der Waals surface area contributed by atoms with Crippen molar-refractivity contribution in [3.8, 4) is 5.75 Å². The van der Waals surface area contributed by atoms with E-state index in [4.69, 9.17) is 9.84 Å². The fourth-order valence-electron chi connectivity index (χ4n) is 3.07. The molecule has 7 nitrogen and oxygen atoms in total. The van der Waals surface area contributed by atoms with Crippen LogP contribution in [0.4, 0.5) is 0 Å². The largest absolute Gasteiger partial charge is 0.493 e. The summed E-state index contributed by atoms with van der Waals surface area (Å²) in [4.78, 5) is 39.0. The summed E-state index contributed by atoms with van der Waals surface area (Å²) in [7, 11) is 1.60. The van der Waals surface area contributed by atoms with Gasteiger partial charge in [0.1, 0.15) is 5.75 Å². The van der Waals surface area contributed by atoms with E-state index in [2.05, 4.69) is 13.8 Å². The number of carbonyl (C=O) groups excluding carboxylic acids is 2. The molecule has 1 heterocycles. The first-order valence-electron chi connectivity index (χ1n) is 9.72. The molecule has 7 heteroatoms. The lowest BCUT2D eigenvalue weighted by Crippen LogP contribution is -2.47. The van der Waals surface area contributed by atoms with Crippen molar-refractivity contribution in [3.05, 3.63) is 29.8 Å². The second kappa shape index (κ2) is 10.1. The van der Waals surface area contributed by atoms with Gasteiger partial charge in [-0.25, -0.2) is 0 Å². The lowest BCUT2D eigenvalue weighted by atomic mass is 9.98. The quantitative estimate of drug-likeness (QED) is 0.734. The zero-order chi connectivity index (χ0) is 20.7. The minimum atomic E-state index is -0.872. The zero-order valence-corrected chi connectivity index (χ0v) is 16.9. The highest BCUT2D eigenvalue weighted by atomic mass is 16.5. The molecule has 1 saturated heterocycles. The van der Waals surface area contributed by atoms with Gasteiger partial charge in [-0.2, -0.15) is 0 Å². The van der Waals surface area contributed by atoms with E-state index in [1.807, 2.05) is 24.3 Å². The molecule has 2 amide bonds. The van der Waals surface area contributed by atoms with Gasteiger partial charge in [0.15, 0.2) is 0 Å². The molecule has 0 aromatic heterocycles. The number of carboxylic acid groups (broad SMARTS) is 1. The molecule has 0 saturated carbocycles. The van der Waals surface area contributed by atoms with Crippen molar-refractivity contribution in [1.29, 1.82) is 0 Å². The molecular formula is C21H30N2O5. The second-order valence-corrected chi connectivity index (χ2v) is 7.79. The van der Waals surface area contributed by atoms with Crippen molar-refractivity contribution in [3.63, 3.8) is 0 Å². The van der Waals surface area contributed by atoms with Crippen molar-refractivity contribution < 1.29 is 24.2 Å². The minimum Gasteiger partial charge on any atom is -0.493 e. The summed E-state index contributed by atoms with van der Waals surface area (Å²) < 4.78 is 5.63. The Labute approximate surface area is 166 Å². The van der Waals surface area contributed by atoms with E-state index in [1.54, 1.807) is 11.9 Å². The summed E-state index contributed by atoms with van der Waals surface area (Å²) in [5, 5.41) is 9.14. The Kier molecular flexibility index (Phi) is 7.84. The van der Waals surface area contributed by atoms with Crippen molar-refractivity contribution >= 4 is 17.8 Å². The molecule has 0 radical (unpaired) electrons.